The van der Waals surface area contributed by atoms with Gasteiger partial charge in [-0.05, 0) is 105 Å². The van der Waals surface area contributed by atoms with Gasteiger partial charge in [-0.15, -0.1) is 0 Å². The lowest BCUT2D eigenvalue weighted by Crippen LogP contribution is -2.10. The molecule has 0 unspecified atom stereocenters. The molecule has 0 aliphatic rings. The number of hydrogen-bond donors (Lipinski definition) is 0. The van der Waals surface area contributed by atoms with Gasteiger partial charge < -0.3 is 0 Å². The van der Waals surface area contributed by atoms with E-state index in [0.717, 1.165) is 0 Å². The molecule has 0 aliphatic carbocycles. The Bertz CT molecular complexity index is 2160. The van der Waals surface area contributed by atoms with Gasteiger partial charge in [0.05, 0.1) is 0 Å². The predicted octanol–water partition coefficient (Wildman–Crippen LogP) is 11.5. The van der Waals surface area contributed by atoms with Gasteiger partial charge in [0.25, 0.3) is 0 Å². The fraction of sp³-hybridized carbons (Fsp3) is 0.100. The topological polar surface area (TPSA) is 0 Å². The summed E-state index contributed by atoms with van der Waals surface area (Å²) in [6, 6.07) is 47.6. The van der Waals surface area contributed by atoms with Crippen LogP contribution >= 0.6 is 0 Å². The standard InChI is InChI=1S/C40H30/c1-40(2,3)31-20-21-34-35(24-31)38(25-10-5-4-6-11-25)32-14-7-8-15-33(32)39(34)30-22-28-18-16-26-12-9-13-27-17-19-29(23-30)37(28)36(26)27/h4-24H,1-3H3. The van der Waals surface area contributed by atoms with E-state index in [4.69, 9.17) is 0 Å². The molecule has 0 heteroatoms. The largest absolute Gasteiger partial charge is 0.0622 e. The second-order valence-corrected chi connectivity index (χ2v) is 12.2. The van der Waals surface area contributed by atoms with Crippen LogP contribution in [0.3, 0.4) is 0 Å². The van der Waals surface area contributed by atoms with Crippen molar-refractivity contribution in [3.63, 3.8) is 0 Å². The molecule has 0 aliphatic heterocycles. The third kappa shape index (κ3) is 3.39. The van der Waals surface area contributed by atoms with E-state index in [1.54, 1.807) is 0 Å². The summed E-state index contributed by atoms with van der Waals surface area (Å²) in [6.07, 6.45) is 0. The molecule has 0 nitrogen and oxygen atoms in total. The van der Waals surface area contributed by atoms with Crippen molar-refractivity contribution < 1.29 is 0 Å². The molecule has 0 N–H and O–H groups in total. The third-order valence-electron chi connectivity index (χ3n) is 8.70. The second-order valence-electron chi connectivity index (χ2n) is 12.2. The Morgan fingerprint density at radius 2 is 0.900 bits per heavy atom. The van der Waals surface area contributed by atoms with Crippen molar-refractivity contribution in [2.75, 3.05) is 0 Å². The highest BCUT2D eigenvalue weighted by Crippen LogP contribution is 2.46. The first kappa shape index (κ1) is 23.2. The zero-order valence-corrected chi connectivity index (χ0v) is 23.1. The maximum atomic E-state index is 2.44. The molecule has 8 rings (SSSR count). The second kappa shape index (κ2) is 8.41. The monoisotopic (exact) mass is 510 g/mol. The van der Waals surface area contributed by atoms with Crippen LogP contribution in [0.25, 0.3) is 76.1 Å². The van der Waals surface area contributed by atoms with E-state index in [2.05, 4.69) is 148 Å². The zero-order chi connectivity index (χ0) is 27.0. The molecule has 0 fully saturated rings. The van der Waals surface area contributed by atoms with Crippen molar-refractivity contribution in [1.29, 1.82) is 0 Å². The predicted molar refractivity (Wildman–Crippen MR) is 175 cm³/mol. The third-order valence-corrected chi connectivity index (χ3v) is 8.70. The smallest absolute Gasteiger partial charge is 0.00259 e. The fourth-order valence-electron chi connectivity index (χ4n) is 6.77. The van der Waals surface area contributed by atoms with E-state index in [1.807, 2.05) is 0 Å². The van der Waals surface area contributed by atoms with Crippen LogP contribution in [0.4, 0.5) is 0 Å². The molecular formula is C40H30. The Hall–Kier alpha value is -4.68. The van der Waals surface area contributed by atoms with Crippen molar-refractivity contribution in [1.82, 2.24) is 0 Å². The summed E-state index contributed by atoms with van der Waals surface area (Å²) in [4.78, 5) is 0. The molecule has 0 heterocycles. The highest BCUT2D eigenvalue weighted by atomic mass is 14.2. The number of rotatable bonds is 2. The van der Waals surface area contributed by atoms with Gasteiger partial charge in [-0.25, -0.2) is 0 Å². The van der Waals surface area contributed by atoms with Gasteiger partial charge in [0, 0.05) is 0 Å². The molecule has 0 saturated carbocycles. The minimum atomic E-state index is 0.0602. The van der Waals surface area contributed by atoms with E-state index < -0.39 is 0 Å². The number of benzene rings is 8. The molecule has 8 aromatic carbocycles. The van der Waals surface area contributed by atoms with E-state index in [1.165, 1.54) is 81.7 Å². The average molecular weight is 511 g/mol. The number of hydrogen-bond acceptors (Lipinski definition) is 0. The van der Waals surface area contributed by atoms with E-state index >= 15 is 0 Å². The van der Waals surface area contributed by atoms with E-state index in [0.29, 0.717) is 0 Å². The molecule has 190 valence electrons. The first-order valence-electron chi connectivity index (χ1n) is 14.2. The highest BCUT2D eigenvalue weighted by Gasteiger charge is 2.21. The van der Waals surface area contributed by atoms with Gasteiger partial charge in [-0.2, -0.15) is 0 Å². The van der Waals surface area contributed by atoms with Gasteiger partial charge in [-0.3, -0.25) is 0 Å². The molecule has 0 aromatic heterocycles. The molecule has 0 bridgehead atoms. The average Bonchev–Trinajstić information content (AvgIpc) is 2.98. The SMILES string of the molecule is CC(C)(C)c1ccc2c(-c3cc4ccc5cccc6ccc(c3)c4c56)c3ccccc3c(-c3ccccc3)c2c1. The van der Waals surface area contributed by atoms with Crippen molar-refractivity contribution in [3.8, 4) is 22.3 Å². The van der Waals surface area contributed by atoms with E-state index in [9.17, 15) is 0 Å². The van der Waals surface area contributed by atoms with Crippen LogP contribution in [0.1, 0.15) is 26.3 Å². The minimum Gasteiger partial charge on any atom is -0.0622 e. The molecule has 40 heavy (non-hydrogen) atoms. The molecule has 0 atom stereocenters. The van der Waals surface area contributed by atoms with Crippen molar-refractivity contribution in [2.45, 2.75) is 26.2 Å². The lowest BCUT2D eigenvalue weighted by atomic mass is 9.81. The summed E-state index contributed by atoms with van der Waals surface area (Å²) >= 11 is 0. The molecule has 0 saturated heterocycles. The first-order valence-corrected chi connectivity index (χ1v) is 14.2. The normalized spacial score (nSPS) is 12.4. The lowest BCUT2D eigenvalue weighted by molar-refractivity contribution is 0.591. The maximum absolute atomic E-state index is 2.44. The van der Waals surface area contributed by atoms with Crippen LogP contribution in [-0.2, 0) is 5.41 Å². The van der Waals surface area contributed by atoms with Crippen LogP contribution in [-0.4, -0.2) is 0 Å². The lowest BCUT2D eigenvalue weighted by Gasteiger charge is -2.23. The molecule has 0 amide bonds. The Labute approximate surface area is 234 Å². The number of fused-ring (bicyclic) bond motifs is 2. The van der Waals surface area contributed by atoms with Gasteiger partial charge in [-0.1, -0.05) is 130 Å². The van der Waals surface area contributed by atoms with Crippen LogP contribution in [0.5, 0.6) is 0 Å². The summed E-state index contributed by atoms with van der Waals surface area (Å²) in [5.41, 5.74) is 6.58. The van der Waals surface area contributed by atoms with Crippen LogP contribution < -0.4 is 0 Å². The van der Waals surface area contributed by atoms with Gasteiger partial charge in [0.2, 0.25) is 0 Å². The Morgan fingerprint density at radius 3 is 1.52 bits per heavy atom. The van der Waals surface area contributed by atoms with Crippen molar-refractivity contribution >= 4 is 53.9 Å². The summed E-state index contributed by atoms with van der Waals surface area (Å²) in [6.45, 7) is 6.91. The minimum absolute atomic E-state index is 0.0602. The Kier molecular flexibility index (Phi) is 4.88. The highest BCUT2D eigenvalue weighted by molar-refractivity contribution is 6.26. The summed E-state index contributed by atoms with van der Waals surface area (Å²) in [5, 5.41) is 13.2. The molecule has 0 spiro atoms. The molecule has 0 radical (unpaired) electrons. The van der Waals surface area contributed by atoms with Crippen molar-refractivity contribution in [2.24, 2.45) is 0 Å². The zero-order valence-electron chi connectivity index (χ0n) is 23.1. The van der Waals surface area contributed by atoms with Crippen LogP contribution in [0.2, 0.25) is 0 Å². The van der Waals surface area contributed by atoms with Crippen LogP contribution in [0.15, 0.2) is 127 Å². The summed E-state index contributed by atoms with van der Waals surface area (Å²) < 4.78 is 0. The molecule has 8 aromatic rings. The van der Waals surface area contributed by atoms with Gasteiger partial charge >= 0.3 is 0 Å². The Morgan fingerprint density at radius 1 is 0.375 bits per heavy atom. The quantitative estimate of drug-likeness (QED) is 0.160. The van der Waals surface area contributed by atoms with Gasteiger partial charge in [0.15, 0.2) is 0 Å². The maximum Gasteiger partial charge on any atom is -0.00259 e. The van der Waals surface area contributed by atoms with E-state index in [-0.39, 0.29) is 5.41 Å². The van der Waals surface area contributed by atoms with Crippen molar-refractivity contribution in [3.05, 3.63) is 133 Å². The van der Waals surface area contributed by atoms with Crippen LogP contribution in [0, 0.1) is 0 Å². The molecular weight excluding hydrogens is 480 g/mol. The summed E-state index contributed by atoms with van der Waals surface area (Å²) in [5.74, 6) is 0. The van der Waals surface area contributed by atoms with Gasteiger partial charge in [0.1, 0.15) is 0 Å². The fourth-order valence-corrected chi connectivity index (χ4v) is 6.77. The first-order chi connectivity index (χ1) is 19.5. The summed E-state index contributed by atoms with van der Waals surface area (Å²) in [7, 11) is 0. The Balaban J connectivity index is 1.54.